The number of pyridine rings is 1. The van der Waals surface area contributed by atoms with E-state index in [4.69, 9.17) is 14.6 Å². The molecule has 1 aliphatic rings. The van der Waals surface area contributed by atoms with Crippen LogP contribution in [0.1, 0.15) is 17.5 Å². The molecule has 9 nitrogen and oxygen atoms in total. The first-order chi connectivity index (χ1) is 14.6. The zero-order valence-electron chi connectivity index (χ0n) is 17.0. The van der Waals surface area contributed by atoms with Gasteiger partial charge in [-0.2, -0.15) is 18.3 Å². The first kappa shape index (κ1) is 24.1. The van der Waals surface area contributed by atoms with Gasteiger partial charge >= 0.3 is 18.2 Å². The maximum absolute atomic E-state index is 12.6. The van der Waals surface area contributed by atoms with E-state index in [-0.39, 0.29) is 18.2 Å². The summed E-state index contributed by atoms with van der Waals surface area (Å²) >= 11 is 0. The van der Waals surface area contributed by atoms with E-state index in [1.807, 2.05) is 36.5 Å². The fourth-order valence-electron chi connectivity index (χ4n) is 3.19. The normalized spacial score (nSPS) is 18.3. The first-order valence-electron chi connectivity index (χ1n) is 9.35. The van der Waals surface area contributed by atoms with Crippen molar-refractivity contribution in [1.29, 1.82) is 0 Å². The van der Waals surface area contributed by atoms with Crippen molar-refractivity contribution < 1.29 is 32.6 Å². The van der Waals surface area contributed by atoms with Crippen LogP contribution in [0.2, 0.25) is 0 Å². The molecule has 12 heteroatoms. The highest BCUT2D eigenvalue weighted by molar-refractivity contribution is 5.75. The molecular weight excluding hydrogens is 419 g/mol. The Morgan fingerprint density at radius 2 is 2.03 bits per heavy atom. The van der Waals surface area contributed by atoms with Crippen molar-refractivity contribution in [1.82, 2.24) is 25.0 Å². The summed E-state index contributed by atoms with van der Waals surface area (Å²) in [7, 11) is 3.60. The first-order valence-corrected chi connectivity index (χ1v) is 9.35. The molecule has 0 unspecified atom stereocenters. The minimum atomic E-state index is -5.08. The average Bonchev–Trinajstić information content (AvgIpc) is 3.32. The number of hydrogen-bond donors (Lipinski definition) is 2. The molecule has 170 valence electrons. The molecule has 1 aliphatic heterocycles. The smallest absolute Gasteiger partial charge is 0.475 e. The van der Waals surface area contributed by atoms with Crippen molar-refractivity contribution in [2.75, 3.05) is 13.7 Å². The molecule has 2 aromatic rings. The molecule has 0 aliphatic carbocycles. The van der Waals surface area contributed by atoms with Gasteiger partial charge < -0.3 is 20.1 Å². The number of aryl methyl sites for hydroxylation is 1. The Labute approximate surface area is 176 Å². The molecule has 2 atom stereocenters. The van der Waals surface area contributed by atoms with Crippen LogP contribution in [0, 0.1) is 0 Å². The highest BCUT2D eigenvalue weighted by Gasteiger charge is 2.38. The maximum Gasteiger partial charge on any atom is 0.490 e. The Morgan fingerprint density at radius 1 is 1.32 bits per heavy atom. The minimum absolute atomic E-state index is 0.0214. The number of carbonyl (C=O) groups is 2. The van der Waals surface area contributed by atoms with Crippen LogP contribution >= 0.6 is 0 Å². The number of alkyl halides is 3. The number of hydrogen-bond acceptors (Lipinski definition) is 5. The third-order valence-electron chi connectivity index (χ3n) is 4.66. The van der Waals surface area contributed by atoms with Gasteiger partial charge in [-0.05, 0) is 30.0 Å². The van der Waals surface area contributed by atoms with Crippen molar-refractivity contribution in [2.24, 2.45) is 7.05 Å². The molecule has 2 N–H and O–H groups in total. The largest absolute Gasteiger partial charge is 0.490 e. The van der Waals surface area contributed by atoms with Gasteiger partial charge in [-0.1, -0.05) is 6.07 Å². The second-order valence-electron chi connectivity index (χ2n) is 6.87. The molecule has 31 heavy (non-hydrogen) atoms. The van der Waals surface area contributed by atoms with Gasteiger partial charge in [0.05, 0.1) is 18.3 Å². The van der Waals surface area contributed by atoms with Crippen molar-refractivity contribution in [2.45, 2.75) is 37.7 Å². The van der Waals surface area contributed by atoms with E-state index in [0.29, 0.717) is 13.1 Å². The lowest BCUT2D eigenvalue weighted by atomic mass is 10.0. The van der Waals surface area contributed by atoms with Gasteiger partial charge in [0.1, 0.15) is 0 Å². The summed E-state index contributed by atoms with van der Waals surface area (Å²) in [5.41, 5.74) is 2.09. The lowest BCUT2D eigenvalue weighted by molar-refractivity contribution is -0.192. The molecule has 0 spiro atoms. The summed E-state index contributed by atoms with van der Waals surface area (Å²) in [6.45, 7) is 1.17. The lowest BCUT2D eigenvalue weighted by Crippen LogP contribution is -2.46. The van der Waals surface area contributed by atoms with Gasteiger partial charge in [-0.15, -0.1) is 0 Å². The highest BCUT2D eigenvalue weighted by Crippen LogP contribution is 2.24. The van der Waals surface area contributed by atoms with Crippen molar-refractivity contribution in [3.63, 3.8) is 0 Å². The Kier molecular flexibility index (Phi) is 8.37. The van der Waals surface area contributed by atoms with Gasteiger partial charge in [0.25, 0.3) is 0 Å². The summed E-state index contributed by atoms with van der Waals surface area (Å²) in [5, 5.41) is 14.3. The number of likely N-dealkylation sites (tertiary alicyclic amines) is 1. The van der Waals surface area contributed by atoms with Gasteiger partial charge in [-0.25, -0.2) is 9.59 Å². The molecule has 3 rings (SSSR count). The molecule has 1 saturated heterocycles. The van der Waals surface area contributed by atoms with E-state index in [0.717, 1.165) is 24.0 Å². The van der Waals surface area contributed by atoms with Crippen molar-refractivity contribution >= 4 is 12.0 Å². The number of ether oxygens (including phenoxy) is 1. The third kappa shape index (κ3) is 7.24. The molecule has 2 amide bonds. The molecule has 2 aromatic heterocycles. The van der Waals surface area contributed by atoms with Crippen LogP contribution < -0.4 is 5.32 Å². The van der Waals surface area contributed by atoms with Crippen LogP contribution in [-0.2, 0) is 29.5 Å². The third-order valence-corrected chi connectivity index (χ3v) is 4.66. The number of methoxy groups -OCH3 is 1. The Balaban J connectivity index is 0.000000423. The van der Waals surface area contributed by atoms with E-state index in [9.17, 15) is 18.0 Å². The van der Waals surface area contributed by atoms with Crippen LogP contribution in [0.25, 0.3) is 0 Å². The lowest BCUT2D eigenvalue weighted by Gasteiger charge is -2.27. The number of urea groups is 1. The predicted molar refractivity (Wildman–Crippen MR) is 103 cm³/mol. The van der Waals surface area contributed by atoms with Crippen LogP contribution in [0.5, 0.6) is 0 Å². The summed E-state index contributed by atoms with van der Waals surface area (Å²) in [6, 6.07) is 3.77. The quantitative estimate of drug-likeness (QED) is 0.732. The number of amides is 2. The van der Waals surface area contributed by atoms with Crippen molar-refractivity contribution in [3.8, 4) is 0 Å². The van der Waals surface area contributed by atoms with E-state index in [1.54, 1.807) is 24.2 Å². The molecule has 1 fully saturated rings. The number of rotatable bonds is 5. The van der Waals surface area contributed by atoms with Gasteiger partial charge in [-0.3, -0.25) is 9.67 Å². The molecule has 0 bridgehead atoms. The summed E-state index contributed by atoms with van der Waals surface area (Å²) in [5.74, 6) is -2.76. The van der Waals surface area contributed by atoms with Crippen LogP contribution in [0.15, 0.2) is 36.9 Å². The number of carboxylic acids is 1. The maximum atomic E-state index is 12.6. The molecule has 0 radical (unpaired) electrons. The topological polar surface area (TPSA) is 110 Å². The fraction of sp³-hybridized carbons (Fsp3) is 0.474. The Bertz CT molecular complexity index is 860. The van der Waals surface area contributed by atoms with Gasteiger partial charge in [0.15, 0.2) is 0 Å². The number of nitrogens with zero attached hydrogens (tertiary/aromatic N) is 4. The average molecular weight is 443 g/mol. The Hall–Kier alpha value is -3.15. The standard InChI is InChI=1S/C17H23N5O2.C2HF3O2/c1-21-12-14(11-20-21)8-15-16(24-2)5-7-22(15)17(23)19-10-13-4-3-6-18-9-13;3-2(4,5)1(6)7/h3-4,6,9,11-12,15-16H,5,7-8,10H2,1-2H3,(H,19,23);(H,6,7)/t15-,16-;/m0./s1. The number of nitrogens with one attached hydrogen (secondary N) is 1. The van der Waals surface area contributed by atoms with Crippen LogP contribution in [0.4, 0.5) is 18.0 Å². The Morgan fingerprint density at radius 3 is 2.55 bits per heavy atom. The number of carbonyl (C=O) groups excluding carboxylic acids is 1. The zero-order valence-corrected chi connectivity index (χ0v) is 17.0. The predicted octanol–water partition coefficient (Wildman–Crippen LogP) is 1.99. The number of halogens is 3. The van der Waals surface area contributed by atoms with Crippen molar-refractivity contribution in [3.05, 3.63) is 48.0 Å². The zero-order chi connectivity index (χ0) is 23.0. The van der Waals surface area contributed by atoms with Gasteiger partial charge in [0.2, 0.25) is 0 Å². The van der Waals surface area contributed by atoms with E-state index >= 15 is 0 Å². The molecule has 0 saturated carbocycles. The minimum Gasteiger partial charge on any atom is -0.475 e. The fourth-order valence-corrected chi connectivity index (χ4v) is 3.19. The summed E-state index contributed by atoms with van der Waals surface area (Å²) in [4.78, 5) is 27.4. The monoisotopic (exact) mass is 443 g/mol. The van der Waals surface area contributed by atoms with Crippen LogP contribution in [-0.4, -0.2) is 68.7 Å². The summed E-state index contributed by atoms with van der Waals surface area (Å²) < 4.78 is 39.1. The van der Waals surface area contributed by atoms with Crippen LogP contribution in [0.3, 0.4) is 0 Å². The number of aromatic nitrogens is 3. The summed E-state index contributed by atoms with van der Waals surface area (Å²) in [6.07, 6.45) is 3.87. The molecule has 0 aromatic carbocycles. The second-order valence-corrected chi connectivity index (χ2v) is 6.87. The van der Waals surface area contributed by atoms with Gasteiger partial charge in [0, 0.05) is 45.8 Å². The number of carboxylic acid groups (broad SMARTS) is 1. The van der Waals surface area contributed by atoms with E-state index in [1.165, 1.54) is 0 Å². The SMILES string of the molecule is CO[C@H]1CCN(C(=O)NCc2cccnc2)[C@H]1Cc1cnn(C)c1.O=C(O)C(F)(F)F. The van der Waals surface area contributed by atoms with E-state index < -0.39 is 12.1 Å². The molecule has 3 heterocycles. The van der Waals surface area contributed by atoms with E-state index in [2.05, 4.69) is 15.4 Å². The highest BCUT2D eigenvalue weighted by atomic mass is 19.4. The molecular formula is C19H24F3N5O4. The number of aliphatic carboxylic acids is 1. The second kappa shape index (κ2) is 10.8.